The molecule has 7 aliphatic rings. The molecule has 12 unspecified atom stereocenters. The topological polar surface area (TPSA) is 0 Å². The molecule has 0 saturated heterocycles. The second-order valence-electron chi connectivity index (χ2n) is 10.5. The summed E-state index contributed by atoms with van der Waals surface area (Å²) in [6, 6.07) is 0. The molecule has 0 spiro atoms. The van der Waals surface area contributed by atoms with E-state index in [0.717, 1.165) is 47.3 Å². The molecule has 0 heterocycles. The zero-order valence-corrected chi connectivity index (χ0v) is 13.7. The van der Waals surface area contributed by atoms with E-state index in [0.29, 0.717) is 0 Å². The predicted octanol–water partition coefficient (Wildman–Crippen LogP) is 5.15. The zero-order chi connectivity index (χ0) is 14.0. The van der Waals surface area contributed by atoms with Gasteiger partial charge in [-0.05, 0) is 122 Å². The molecule has 0 N–H and O–H groups in total. The molecule has 0 radical (unpaired) electrons. The molecule has 7 aliphatic carbocycles. The predicted molar refractivity (Wildman–Crippen MR) is 88.0 cm³/mol. The summed E-state index contributed by atoms with van der Waals surface area (Å²) < 4.78 is 0. The zero-order valence-electron chi connectivity index (χ0n) is 13.7. The summed E-state index contributed by atoms with van der Waals surface area (Å²) in [5, 5.41) is 0. The number of allylic oxidation sites excluding steroid dienone is 2. The highest BCUT2D eigenvalue weighted by atomic mass is 14.7. The SMILES string of the molecule is C1=CC2CC1C1C3C4CCC(C4)C3CC3C4CCC(C4)C3C21. The van der Waals surface area contributed by atoms with Crippen molar-refractivity contribution in [2.75, 3.05) is 0 Å². The Morgan fingerprint density at radius 2 is 0.955 bits per heavy atom. The van der Waals surface area contributed by atoms with E-state index in [1.807, 2.05) is 0 Å². The van der Waals surface area contributed by atoms with Crippen LogP contribution < -0.4 is 0 Å². The monoisotopic (exact) mass is 294 g/mol. The summed E-state index contributed by atoms with van der Waals surface area (Å²) in [6.45, 7) is 0. The third-order valence-electron chi connectivity index (χ3n) is 10.3. The molecule has 6 fully saturated rings. The van der Waals surface area contributed by atoms with E-state index in [1.165, 1.54) is 23.7 Å². The number of hydrogen-bond acceptors (Lipinski definition) is 0. The van der Waals surface area contributed by atoms with Crippen LogP contribution in [0, 0.1) is 71.0 Å². The summed E-state index contributed by atoms with van der Waals surface area (Å²) >= 11 is 0. The highest BCUT2D eigenvalue weighted by Crippen LogP contribution is 2.72. The fraction of sp³-hybridized carbons (Fsp3) is 0.909. The maximum atomic E-state index is 2.68. The second-order valence-corrected chi connectivity index (χ2v) is 10.5. The first-order chi connectivity index (χ1) is 10.9. The third-order valence-corrected chi connectivity index (χ3v) is 10.3. The van der Waals surface area contributed by atoms with Crippen molar-refractivity contribution < 1.29 is 0 Å². The first-order valence-electron chi connectivity index (χ1n) is 10.6. The molecule has 0 aliphatic heterocycles. The molecule has 0 aromatic heterocycles. The van der Waals surface area contributed by atoms with E-state index in [-0.39, 0.29) is 0 Å². The van der Waals surface area contributed by atoms with Crippen molar-refractivity contribution in [3.8, 4) is 0 Å². The summed E-state index contributed by atoms with van der Waals surface area (Å²) in [5.74, 6) is 13.7. The minimum Gasteiger partial charge on any atom is -0.0848 e. The fourth-order valence-corrected chi connectivity index (χ4v) is 10.1. The van der Waals surface area contributed by atoms with E-state index in [1.54, 1.807) is 51.4 Å². The van der Waals surface area contributed by atoms with Gasteiger partial charge >= 0.3 is 0 Å². The lowest BCUT2D eigenvalue weighted by atomic mass is 9.63. The van der Waals surface area contributed by atoms with Crippen molar-refractivity contribution in [1.82, 2.24) is 0 Å². The molecule has 7 rings (SSSR count). The molecule has 0 aromatic carbocycles. The average Bonchev–Trinajstić information content (AvgIpc) is 3.34. The first-order valence-corrected chi connectivity index (χ1v) is 10.6. The average molecular weight is 294 g/mol. The van der Waals surface area contributed by atoms with Gasteiger partial charge in [-0.2, -0.15) is 0 Å². The van der Waals surface area contributed by atoms with Gasteiger partial charge in [-0.1, -0.05) is 12.2 Å². The number of rotatable bonds is 0. The Balaban J connectivity index is 1.39. The molecular formula is C22H30. The smallest absolute Gasteiger partial charge is 0.0194 e. The van der Waals surface area contributed by atoms with Crippen molar-refractivity contribution in [2.45, 2.75) is 51.4 Å². The molecule has 0 amide bonds. The van der Waals surface area contributed by atoms with Crippen LogP contribution in [-0.4, -0.2) is 0 Å². The van der Waals surface area contributed by atoms with Gasteiger partial charge in [-0.3, -0.25) is 0 Å². The van der Waals surface area contributed by atoms with Gasteiger partial charge in [0.05, 0.1) is 0 Å². The van der Waals surface area contributed by atoms with Crippen molar-refractivity contribution >= 4 is 0 Å². The number of fused-ring (bicyclic) bond motifs is 17. The van der Waals surface area contributed by atoms with Crippen LogP contribution in [0.25, 0.3) is 0 Å². The molecule has 0 aromatic rings. The fourth-order valence-electron chi connectivity index (χ4n) is 10.1. The van der Waals surface area contributed by atoms with Crippen molar-refractivity contribution in [2.24, 2.45) is 71.0 Å². The molecular weight excluding hydrogens is 264 g/mol. The largest absolute Gasteiger partial charge is 0.0848 e. The van der Waals surface area contributed by atoms with Crippen LogP contribution in [0.1, 0.15) is 51.4 Å². The lowest BCUT2D eigenvalue weighted by Gasteiger charge is -2.42. The highest BCUT2D eigenvalue weighted by molar-refractivity contribution is 5.21. The van der Waals surface area contributed by atoms with E-state index in [4.69, 9.17) is 0 Å². The van der Waals surface area contributed by atoms with Crippen LogP contribution in [0.3, 0.4) is 0 Å². The van der Waals surface area contributed by atoms with Crippen LogP contribution in [-0.2, 0) is 0 Å². The third kappa shape index (κ3) is 1.24. The van der Waals surface area contributed by atoms with E-state index in [9.17, 15) is 0 Å². The van der Waals surface area contributed by atoms with Crippen LogP contribution in [0.15, 0.2) is 12.2 Å². The molecule has 0 heteroatoms. The van der Waals surface area contributed by atoms with Gasteiger partial charge in [0, 0.05) is 0 Å². The van der Waals surface area contributed by atoms with Gasteiger partial charge in [-0.25, -0.2) is 0 Å². The maximum Gasteiger partial charge on any atom is -0.0194 e. The first kappa shape index (κ1) is 12.2. The van der Waals surface area contributed by atoms with E-state index >= 15 is 0 Å². The molecule has 6 bridgehead atoms. The minimum absolute atomic E-state index is 1.01. The van der Waals surface area contributed by atoms with E-state index in [2.05, 4.69) is 12.2 Å². The van der Waals surface area contributed by atoms with Crippen molar-refractivity contribution in [3.63, 3.8) is 0 Å². The van der Waals surface area contributed by atoms with Crippen LogP contribution >= 0.6 is 0 Å². The summed E-state index contributed by atoms with van der Waals surface area (Å²) in [7, 11) is 0. The maximum absolute atomic E-state index is 2.68. The Morgan fingerprint density at radius 3 is 1.50 bits per heavy atom. The van der Waals surface area contributed by atoms with Crippen molar-refractivity contribution in [3.05, 3.63) is 12.2 Å². The number of hydrogen-bond donors (Lipinski definition) is 0. The second kappa shape index (κ2) is 3.86. The van der Waals surface area contributed by atoms with Crippen LogP contribution in [0.2, 0.25) is 0 Å². The van der Waals surface area contributed by atoms with Gasteiger partial charge in [0.1, 0.15) is 0 Å². The van der Waals surface area contributed by atoms with Gasteiger partial charge in [-0.15, -0.1) is 0 Å². The Hall–Kier alpha value is -0.260. The highest BCUT2D eigenvalue weighted by Gasteiger charge is 2.65. The Labute approximate surface area is 135 Å². The summed E-state index contributed by atoms with van der Waals surface area (Å²) in [4.78, 5) is 0. The molecule has 6 saturated carbocycles. The Kier molecular flexibility index (Phi) is 2.13. The minimum atomic E-state index is 1.01. The Morgan fingerprint density at radius 1 is 0.455 bits per heavy atom. The standard InChI is InChI=1S/C22H30/c1-3-13-7-11(1)17-10-18-12-2-4-14(8-12)20(18)22-16-6-5-15(9-16)21(22)19(13)17/h5-6,11-22H,1-4,7-10H2. The van der Waals surface area contributed by atoms with Gasteiger partial charge in [0.15, 0.2) is 0 Å². The van der Waals surface area contributed by atoms with E-state index < -0.39 is 0 Å². The van der Waals surface area contributed by atoms with Gasteiger partial charge in [0.2, 0.25) is 0 Å². The lowest BCUT2D eigenvalue weighted by molar-refractivity contribution is 0.0755. The Bertz CT molecular complexity index is 500. The van der Waals surface area contributed by atoms with Crippen LogP contribution in [0.4, 0.5) is 0 Å². The summed E-state index contributed by atoms with van der Waals surface area (Å²) in [6.07, 6.45) is 18.3. The molecule has 118 valence electrons. The van der Waals surface area contributed by atoms with Gasteiger partial charge < -0.3 is 0 Å². The molecule has 0 nitrogen and oxygen atoms in total. The van der Waals surface area contributed by atoms with Gasteiger partial charge in [0.25, 0.3) is 0 Å². The molecule has 12 atom stereocenters. The quantitative estimate of drug-likeness (QED) is 0.542. The normalized spacial score (nSPS) is 69.1. The van der Waals surface area contributed by atoms with Crippen molar-refractivity contribution in [1.29, 1.82) is 0 Å². The lowest BCUT2D eigenvalue weighted by Crippen LogP contribution is -2.37. The molecule has 22 heavy (non-hydrogen) atoms. The van der Waals surface area contributed by atoms with Crippen LogP contribution in [0.5, 0.6) is 0 Å². The summed E-state index contributed by atoms with van der Waals surface area (Å²) in [5.41, 5.74) is 0.